The highest BCUT2D eigenvalue weighted by Gasteiger charge is 2.38. The van der Waals surface area contributed by atoms with Crippen LogP contribution < -0.4 is 4.90 Å². The molecule has 0 radical (unpaired) electrons. The van der Waals surface area contributed by atoms with Crippen molar-refractivity contribution < 1.29 is 23.1 Å². The van der Waals surface area contributed by atoms with Gasteiger partial charge in [0.15, 0.2) is 0 Å². The van der Waals surface area contributed by atoms with Gasteiger partial charge in [-0.05, 0) is 25.7 Å². The molecule has 1 N–H and O–H groups in total. The molecule has 0 atom stereocenters. The van der Waals surface area contributed by atoms with E-state index in [4.69, 9.17) is 9.90 Å². The molecule has 3 heterocycles. The number of rotatable bonds is 1. The minimum Gasteiger partial charge on any atom is -0.475 e. The number of anilines is 1. The molecule has 10 heteroatoms. The molecule has 0 bridgehead atoms. The normalized spacial score (nSPS) is 14.2. The lowest BCUT2D eigenvalue weighted by Gasteiger charge is -2.19. The average Bonchev–Trinajstić information content (AvgIpc) is 2.89. The van der Waals surface area contributed by atoms with E-state index in [1.165, 1.54) is 25.7 Å². The van der Waals surface area contributed by atoms with Crippen LogP contribution in [0, 0.1) is 18.8 Å². The zero-order valence-corrected chi connectivity index (χ0v) is 16.0. The third kappa shape index (κ3) is 7.15. The molecule has 6 nitrogen and oxygen atoms in total. The summed E-state index contributed by atoms with van der Waals surface area (Å²) >= 11 is 1.61. The largest absolute Gasteiger partial charge is 0.490 e. The summed E-state index contributed by atoms with van der Waals surface area (Å²) < 4.78 is 31.7. The smallest absolute Gasteiger partial charge is 0.475 e. The van der Waals surface area contributed by atoms with Gasteiger partial charge in [-0.15, -0.1) is 11.3 Å². The first-order valence-corrected chi connectivity index (χ1v) is 9.45. The van der Waals surface area contributed by atoms with E-state index < -0.39 is 12.1 Å². The number of aromatic nitrogens is 3. The highest BCUT2D eigenvalue weighted by atomic mass is 32.1. The van der Waals surface area contributed by atoms with E-state index >= 15 is 0 Å². The molecule has 0 saturated carbocycles. The number of carbonyl (C=O) groups is 1. The number of carboxylic acids is 1. The first-order chi connectivity index (χ1) is 13.3. The van der Waals surface area contributed by atoms with Crippen molar-refractivity contribution in [1.29, 1.82) is 0 Å². The number of aryl methyl sites for hydroxylation is 1. The van der Waals surface area contributed by atoms with Crippen LogP contribution in [0.25, 0.3) is 0 Å². The van der Waals surface area contributed by atoms with Crippen LogP contribution in [0.2, 0.25) is 0 Å². The van der Waals surface area contributed by atoms with Crippen molar-refractivity contribution in [2.75, 3.05) is 18.0 Å². The molecule has 150 valence electrons. The van der Waals surface area contributed by atoms with E-state index in [0.717, 1.165) is 35.3 Å². The van der Waals surface area contributed by atoms with Crippen LogP contribution in [-0.4, -0.2) is 45.3 Å². The second-order valence-electron chi connectivity index (χ2n) is 5.98. The molecular formula is C18H19F3N4O2S. The van der Waals surface area contributed by atoms with Gasteiger partial charge < -0.3 is 10.0 Å². The topological polar surface area (TPSA) is 79.2 Å². The molecule has 1 fully saturated rings. The van der Waals surface area contributed by atoms with Gasteiger partial charge in [0, 0.05) is 30.9 Å². The Bertz CT molecular complexity index is 833. The highest BCUT2D eigenvalue weighted by Crippen LogP contribution is 2.15. The number of alkyl halides is 3. The average molecular weight is 412 g/mol. The number of thiazole rings is 1. The van der Waals surface area contributed by atoms with Crippen LogP contribution in [0.4, 0.5) is 19.1 Å². The monoisotopic (exact) mass is 412 g/mol. The Morgan fingerprint density at radius 3 is 2.18 bits per heavy atom. The third-order valence-electron chi connectivity index (χ3n) is 3.72. The second-order valence-corrected chi connectivity index (χ2v) is 7.04. The van der Waals surface area contributed by atoms with E-state index in [0.29, 0.717) is 0 Å². The van der Waals surface area contributed by atoms with Gasteiger partial charge in [-0.25, -0.2) is 19.7 Å². The van der Waals surface area contributed by atoms with Gasteiger partial charge in [-0.1, -0.05) is 18.8 Å². The second kappa shape index (κ2) is 10.0. The van der Waals surface area contributed by atoms with Crippen LogP contribution in [0.15, 0.2) is 17.8 Å². The molecule has 28 heavy (non-hydrogen) atoms. The summed E-state index contributed by atoms with van der Waals surface area (Å²) in [5, 5.41) is 10.1. The molecule has 2 aromatic rings. The summed E-state index contributed by atoms with van der Waals surface area (Å²) in [7, 11) is 0. The third-order valence-corrected chi connectivity index (χ3v) is 4.50. The molecule has 0 spiro atoms. The van der Waals surface area contributed by atoms with Gasteiger partial charge in [0.25, 0.3) is 0 Å². The Morgan fingerprint density at radius 1 is 1.14 bits per heavy atom. The van der Waals surface area contributed by atoms with E-state index in [9.17, 15) is 13.2 Å². The number of halogens is 3. The lowest BCUT2D eigenvalue weighted by atomic mass is 10.2. The van der Waals surface area contributed by atoms with E-state index in [1.807, 2.05) is 12.3 Å². The standard InChI is InChI=1S/C16H18N4S.C2HF3O2/c1-13-19-15(12-21-13)7-6-14-10-17-16(18-11-14)20-8-4-2-3-5-9-20;3-2(4,5)1(6)7/h10-12H,2-5,8-9H2,1H3;(H,6,7). The maximum Gasteiger partial charge on any atom is 0.490 e. The summed E-state index contributed by atoms with van der Waals surface area (Å²) in [5.74, 6) is 4.18. The van der Waals surface area contributed by atoms with Crippen molar-refractivity contribution in [3.8, 4) is 11.8 Å². The molecule has 0 amide bonds. The van der Waals surface area contributed by atoms with Crippen LogP contribution >= 0.6 is 11.3 Å². The van der Waals surface area contributed by atoms with Crippen LogP contribution in [0.1, 0.15) is 41.9 Å². The van der Waals surface area contributed by atoms with E-state index in [2.05, 4.69) is 31.7 Å². The zero-order chi connectivity index (χ0) is 20.6. The number of nitrogens with zero attached hydrogens (tertiary/aromatic N) is 4. The molecule has 1 aliphatic rings. The Hall–Kier alpha value is -2.67. The van der Waals surface area contributed by atoms with Gasteiger partial charge in [-0.3, -0.25) is 0 Å². The first-order valence-electron chi connectivity index (χ1n) is 8.57. The number of aliphatic carboxylic acids is 1. The molecule has 0 aromatic carbocycles. The Morgan fingerprint density at radius 2 is 1.71 bits per heavy atom. The lowest BCUT2D eigenvalue weighted by Crippen LogP contribution is -2.25. The first kappa shape index (κ1) is 21.6. The quantitative estimate of drug-likeness (QED) is 0.721. The van der Waals surface area contributed by atoms with E-state index in [-0.39, 0.29) is 0 Å². The minimum atomic E-state index is -5.08. The summed E-state index contributed by atoms with van der Waals surface area (Å²) in [5.41, 5.74) is 1.65. The fourth-order valence-electron chi connectivity index (χ4n) is 2.38. The van der Waals surface area contributed by atoms with Crippen molar-refractivity contribution >= 4 is 23.3 Å². The van der Waals surface area contributed by atoms with Gasteiger partial charge in [-0.2, -0.15) is 13.2 Å². The molecule has 2 aromatic heterocycles. The van der Waals surface area contributed by atoms with Crippen LogP contribution in [0.3, 0.4) is 0 Å². The zero-order valence-electron chi connectivity index (χ0n) is 15.2. The lowest BCUT2D eigenvalue weighted by molar-refractivity contribution is -0.192. The predicted molar refractivity (Wildman–Crippen MR) is 99.2 cm³/mol. The Kier molecular flexibility index (Phi) is 7.75. The highest BCUT2D eigenvalue weighted by molar-refractivity contribution is 7.09. The maximum absolute atomic E-state index is 10.6. The number of carboxylic acid groups (broad SMARTS) is 1. The van der Waals surface area contributed by atoms with Crippen molar-refractivity contribution in [3.05, 3.63) is 34.0 Å². The number of hydrogen-bond donors (Lipinski definition) is 1. The summed E-state index contributed by atoms with van der Waals surface area (Å²) in [4.78, 5) is 24.4. The summed E-state index contributed by atoms with van der Waals surface area (Å²) in [6, 6.07) is 0. The Balaban J connectivity index is 0.000000345. The predicted octanol–water partition coefficient (Wildman–Crippen LogP) is 3.66. The fourth-order valence-corrected chi connectivity index (χ4v) is 2.92. The molecule has 1 aliphatic heterocycles. The van der Waals surface area contributed by atoms with Crippen molar-refractivity contribution in [1.82, 2.24) is 15.0 Å². The van der Waals surface area contributed by atoms with Crippen molar-refractivity contribution in [3.63, 3.8) is 0 Å². The molecule has 3 rings (SSSR count). The molecule has 0 unspecified atom stereocenters. The van der Waals surface area contributed by atoms with Gasteiger partial charge in [0.2, 0.25) is 5.95 Å². The van der Waals surface area contributed by atoms with Gasteiger partial charge >= 0.3 is 12.1 Å². The fraction of sp³-hybridized carbons (Fsp3) is 0.444. The van der Waals surface area contributed by atoms with Crippen LogP contribution in [0.5, 0.6) is 0 Å². The van der Waals surface area contributed by atoms with E-state index in [1.54, 1.807) is 23.7 Å². The van der Waals surface area contributed by atoms with Gasteiger partial charge in [0.05, 0.1) is 10.6 Å². The molecular weight excluding hydrogens is 393 g/mol. The Labute approximate surface area is 164 Å². The van der Waals surface area contributed by atoms with Crippen molar-refractivity contribution in [2.24, 2.45) is 0 Å². The SMILES string of the molecule is Cc1nc(C#Cc2cnc(N3CCCCCC3)nc2)cs1.O=C(O)C(F)(F)F. The maximum atomic E-state index is 10.6. The molecule has 1 saturated heterocycles. The summed E-state index contributed by atoms with van der Waals surface area (Å²) in [6.45, 7) is 4.10. The minimum absolute atomic E-state index is 0.814. The van der Waals surface area contributed by atoms with Crippen LogP contribution in [-0.2, 0) is 4.79 Å². The number of hydrogen-bond acceptors (Lipinski definition) is 6. The van der Waals surface area contributed by atoms with Gasteiger partial charge in [0.1, 0.15) is 5.69 Å². The molecule has 0 aliphatic carbocycles. The summed E-state index contributed by atoms with van der Waals surface area (Å²) in [6.07, 6.45) is 3.61. The van der Waals surface area contributed by atoms with Crippen molar-refractivity contribution in [2.45, 2.75) is 38.8 Å².